The van der Waals surface area contributed by atoms with E-state index in [2.05, 4.69) is 19.7 Å². The molecule has 1 heterocycles. The zero-order valence-electron chi connectivity index (χ0n) is 6.11. The van der Waals surface area contributed by atoms with E-state index in [-0.39, 0.29) is 12.5 Å². The minimum atomic E-state index is 0.0208. The maximum Gasteiger partial charge on any atom is 0.223 e. The first-order valence-electron chi connectivity index (χ1n) is 3.03. The third kappa shape index (κ3) is 2.24. The maximum absolute atomic E-state index is 5.09. The lowest BCUT2D eigenvalue weighted by Gasteiger charge is -1.86. The van der Waals surface area contributed by atoms with E-state index in [4.69, 9.17) is 11.5 Å². The zero-order chi connectivity index (χ0) is 8.27. The highest BCUT2D eigenvalue weighted by Gasteiger charge is 1.99. The first kappa shape index (κ1) is 7.52. The fourth-order valence-corrected chi connectivity index (χ4v) is 0.568. The van der Waals surface area contributed by atoms with Crippen molar-refractivity contribution in [2.45, 2.75) is 13.5 Å². The van der Waals surface area contributed by atoms with Gasteiger partial charge in [0.25, 0.3) is 0 Å². The van der Waals surface area contributed by atoms with Crippen LogP contribution < -0.4 is 11.5 Å². The van der Waals surface area contributed by atoms with Crippen LogP contribution in [0, 0.1) is 6.92 Å². The van der Waals surface area contributed by atoms with Crippen LogP contribution in [-0.4, -0.2) is 16.1 Å². The number of rotatable bonds is 2. The summed E-state index contributed by atoms with van der Waals surface area (Å²) in [5.74, 6) is 1.01. The van der Waals surface area contributed by atoms with Crippen LogP contribution in [0.2, 0.25) is 0 Å². The quantitative estimate of drug-likeness (QED) is 0.427. The molecule has 0 radical (unpaired) electrons. The molecular weight excluding hydrogens is 146 g/mol. The van der Waals surface area contributed by atoms with Crippen molar-refractivity contribution >= 4 is 5.96 Å². The SMILES string of the molecule is Cc1nc(CN=C(N)N)no1. The zero-order valence-corrected chi connectivity index (χ0v) is 6.11. The summed E-state index contributed by atoms with van der Waals surface area (Å²) in [5.41, 5.74) is 10.2. The standard InChI is InChI=1S/C5H9N5O/c1-3-9-4(10-11-3)2-8-5(6)7/h2H2,1H3,(H4,6,7,8). The average molecular weight is 155 g/mol. The highest BCUT2D eigenvalue weighted by Crippen LogP contribution is 1.95. The molecule has 0 aliphatic carbocycles. The Bertz CT molecular complexity index is 262. The number of hydrogen-bond acceptors (Lipinski definition) is 4. The van der Waals surface area contributed by atoms with E-state index in [1.54, 1.807) is 6.92 Å². The second-order valence-electron chi connectivity index (χ2n) is 1.97. The molecule has 0 atom stereocenters. The monoisotopic (exact) mass is 155 g/mol. The summed E-state index contributed by atoms with van der Waals surface area (Å²) in [6.45, 7) is 1.96. The summed E-state index contributed by atoms with van der Waals surface area (Å²) in [6.07, 6.45) is 0. The molecule has 6 heteroatoms. The molecule has 6 nitrogen and oxygen atoms in total. The second kappa shape index (κ2) is 3.00. The second-order valence-corrected chi connectivity index (χ2v) is 1.97. The summed E-state index contributed by atoms with van der Waals surface area (Å²) in [7, 11) is 0. The molecule has 0 saturated carbocycles. The van der Waals surface area contributed by atoms with Gasteiger partial charge in [0.2, 0.25) is 5.89 Å². The van der Waals surface area contributed by atoms with Gasteiger partial charge in [-0.05, 0) is 0 Å². The molecule has 0 saturated heterocycles. The molecule has 0 unspecified atom stereocenters. The number of aliphatic imine (C=N–C) groups is 1. The van der Waals surface area contributed by atoms with E-state index in [1.165, 1.54) is 0 Å². The Labute approximate surface area is 63.3 Å². The first-order chi connectivity index (χ1) is 5.18. The van der Waals surface area contributed by atoms with E-state index in [0.717, 1.165) is 0 Å². The van der Waals surface area contributed by atoms with Crippen molar-refractivity contribution in [2.75, 3.05) is 0 Å². The first-order valence-corrected chi connectivity index (χ1v) is 3.03. The Balaban J connectivity index is 2.58. The molecule has 0 aliphatic heterocycles. The topological polar surface area (TPSA) is 103 Å². The normalized spacial score (nSPS) is 9.55. The molecule has 60 valence electrons. The van der Waals surface area contributed by atoms with E-state index in [1.807, 2.05) is 0 Å². The van der Waals surface area contributed by atoms with E-state index < -0.39 is 0 Å². The fraction of sp³-hybridized carbons (Fsp3) is 0.400. The van der Waals surface area contributed by atoms with Crippen LogP contribution >= 0.6 is 0 Å². The molecule has 0 aromatic carbocycles. The predicted molar refractivity (Wildman–Crippen MR) is 38.5 cm³/mol. The number of guanidine groups is 1. The smallest absolute Gasteiger partial charge is 0.223 e. The molecule has 0 aliphatic rings. The van der Waals surface area contributed by atoms with Gasteiger partial charge >= 0.3 is 0 Å². The summed E-state index contributed by atoms with van der Waals surface area (Å²) in [4.78, 5) is 7.58. The third-order valence-corrected chi connectivity index (χ3v) is 0.973. The van der Waals surface area contributed by atoms with Gasteiger partial charge in [0, 0.05) is 6.92 Å². The molecule has 1 rings (SSSR count). The van der Waals surface area contributed by atoms with Crippen molar-refractivity contribution in [3.05, 3.63) is 11.7 Å². The minimum absolute atomic E-state index is 0.0208. The number of aromatic nitrogens is 2. The molecule has 4 N–H and O–H groups in total. The van der Waals surface area contributed by atoms with Crippen molar-refractivity contribution in [3.63, 3.8) is 0 Å². The van der Waals surface area contributed by atoms with Crippen molar-refractivity contribution in [1.29, 1.82) is 0 Å². The third-order valence-electron chi connectivity index (χ3n) is 0.973. The van der Waals surface area contributed by atoms with Gasteiger partial charge in [0.15, 0.2) is 11.8 Å². The van der Waals surface area contributed by atoms with Crippen LogP contribution in [0.4, 0.5) is 0 Å². The van der Waals surface area contributed by atoms with Gasteiger partial charge in [-0.3, -0.25) is 0 Å². The Kier molecular flexibility index (Phi) is 2.05. The van der Waals surface area contributed by atoms with Crippen molar-refractivity contribution < 1.29 is 4.52 Å². The van der Waals surface area contributed by atoms with Gasteiger partial charge < -0.3 is 16.0 Å². The van der Waals surface area contributed by atoms with Crippen molar-refractivity contribution in [1.82, 2.24) is 10.1 Å². The van der Waals surface area contributed by atoms with Gasteiger partial charge in [-0.15, -0.1) is 0 Å². The van der Waals surface area contributed by atoms with Gasteiger partial charge in [-0.1, -0.05) is 5.16 Å². The molecule has 0 spiro atoms. The summed E-state index contributed by atoms with van der Waals surface area (Å²) in [6, 6.07) is 0. The molecule has 11 heavy (non-hydrogen) atoms. The van der Waals surface area contributed by atoms with Gasteiger partial charge in [-0.25, -0.2) is 4.99 Å². The number of aryl methyl sites for hydroxylation is 1. The Hall–Kier alpha value is -1.59. The fourth-order valence-electron chi connectivity index (χ4n) is 0.568. The van der Waals surface area contributed by atoms with Crippen LogP contribution in [0.15, 0.2) is 9.52 Å². The van der Waals surface area contributed by atoms with E-state index in [9.17, 15) is 0 Å². The van der Waals surface area contributed by atoms with Crippen LogP contribution in [0.5, 0.6) is 0 Å². The van der Waals surface area contributed by atoms with Crippen LogP contribution in [0.1, 0.15) is 11.7 Å². The lowest BCUT2D eigenvalue weighted by atomic mass is 10.6. The maximum atomic E-state index is 5.09. The lowest BCUT2D eigenvalue weighted by Crippen LogP contribution is -2.22. The number of hydrogen-bond donors (Lipinski definition) is 2. The number of nitrogens with zero attached hydrogens (tertiary/aromatic N) is 3. The van der Waals surface area contributed by atoms with E-state index >= 15 is 0 Å². The highest BCUT2D eigenvalue weighted by atomic mass is 16.5. The molecular formula is C5H9N5O. The Morgan fingerprint density at radius 2 is 2.36 bits per heavy atom. The van der Waals surface area contributed by atoms with Crippen LogP contribution in [0.3, 0.4) is 0 Å². The van der Waals surface area contributed by atoms with Crippen LogP contribution in [-0.2, 0) is 6.54 Å². The Morgan fingerprint density at radius 1 is 1.64 bits per heavy atom. The Morgan fingerprint density at radius 3 is 2.82 bits per heavy atom. The van der Waals surface area contributed by atoms with Crippen molar-refractivity contribution in [2.24, 2.45) is 16.5 Å². The predicted octanol–water partition coefficient (Wildman–Crippen LogP) is -0.849. The van der Waals surface area contributed by atoms with Crippen molar-refractivity contribution in [3.8, 4) is 0 Å². The van der Waals surface area contributed by atoms with Gasteiger partial charge in [-0.2, -0.15) is 4.98 Å². The molecule has 0 fully saturated rings. The van der Waals surface area contributed by atoms with Crippen LogP contribution in [0.25, 0.3) is 0 Å². The summed E-state index contributed by atoms with van der Waals surface area (Å²) >= 11 is 0. The molecule has 1 aromatic heterocycles. The molecule has 0 amide bonds. The lowest BCUT2D eigenvalue weighted by molar-refractivity contribution is 0.387. The molecule has 1 aromatic rings. The van der Waals surface area contributed by atoms with E-state index in [0.29, 0.717) is 11.7 Å². The van der Waals surface area contributed by atoms with Gasteiger partial charge in [0.05, 0.1) is 0 Å². The summed E-state index contributed by atoms with van der Waals surface area (Å²) < 4.78 is 4.68. The van der Waals surface area contributed by atoms with Gasteiger partial charge in [0.1, 0.15) is 6.54 Å². The minimum Gasteiger partial charge on any atom is -0.370 e. The number of nitrogens with two attached hydrogens (primary N) is 2. The summed E-state index contributed by atoms with van der Waals surface area (Å²) in [5, 5.41) is 3.58. The average Bonchev–Trinajstić information content (AvgIpc) is 2.31. The largest absolute Gasteiger partial charge is 0.370 e. The highest BCUT2D eigenvalue weighted by molar-refractivity contribution is 5.75. The molecule has 0 bridgehead atoms.